The summed E-state index contributed by atoms with van der Waals surface area (Å²) < 4.78 is 4.04. The molecule has 0 fully saturated rings. The van der Waals surface area contributed by atoms with E-state index in [-0.39, 0.29) is 20.4 Å². The summed E-state index contributed by atoms with van der Waals surface area (Å²) in [4.78, 5) is 0. The van der Waals surface area contributed by atoms with Gasteiger partial charge in [-0.05, 0) is 0 Å². The molecule has 0 atom stereocenters. The molecule has 0 radical (unpaired) electrons. The molecule has 19 heavy (non-hydrogen) atoms. The number of fused-ring (bicyclic) bond motifs is 1. The normalized spacial score (nSPS) is 12.0. The van der Waals surface area contributed by atoms with E-state index in [1.165, 1.54) is 16.8 Å². The van der Waals surface area contributed by atoms with Crippen LogP contribution in [0.25, 0.3) is 19.9 Å². The van der Waals surface area contributed by atoms with Crippen LogP contribution in [0.2, 0.25) is 0 Å². The van der Waals surface area contributed by atoms with Crippen molar-refractivity contribution >= 4 is 67.9 Å². The minimum absolute atomic E-state index is 0.331. The van der Waals surface area contributed by atoms with Gasteiger partial charge in [-0.25, -0.2) is 0 Å². The summed E-state index contributed by atoms with van der Waals surface area (Å²) in [5.74, 6) is 0. The van der Waals surface area contributed by atoms with Gasteiger partial charge in [-0.15, -0.1) is 0 Å². The molecule has 0 aliphatic rings. The van der Waals surface area contributed by atoms with Gasteiger partial charge in [-0.2, -0.15) is 0 Å². The summed E-state index contributed by atoms with van der Waals surface area (Å²) in [6.07, 6.45) is 2.11. The van der Waals surface area contributed by atoms with Crippen molar-refractivity contribution in [3.63, 3.8) is 0 Å². The maximum absolute atomic E-state index is 6.42. The Kier molecular flexibility index (Phi) is 4.15. The van der Waals surface area contributed by atoms with Gasteiger partial charge in [-0.1, -0.05) is 0 Å². The zero-order chi connectivity index (χ0) is 13.2. The van der Waals surface area contributed by atoms with Crippen LogP contribution in [-0.4, -0.2) is 20.4 Å². The summed E-state index contributed by atoms with van der Waals surface area (Å²) in [6, 6.07) is 18.7. The Morgan fingerprint density at radius 2 is 1.68 bits per heavy atom. The van der Waals surface area contributed by atoms with Crippen molar-refractivity contribution in [2.75, 3.05) is 0 Å². The third kappa shape index (κ3) is 2.83. The molecule has 1 heterocycles. The Bertz CT molecular complexity index is 744. The number of hydrogen-bond acceptors (Lipinski definition) is 0. The topological polar surface area (TPSA) is 0 Å². The van der Waals surface area contributed by atoms with Crippen molar-refractivity contribution in [3.8, 4) is 0 Å². The van der Waals surface area contributed by atoms with E-state index in [9.17, 15) is 0 Å². The van der Waals surface area contributed by atoms with Gasteiger partial charge in [0.05, 0.1) is 0 Å². The quantitative estimate of drug-likeness (QED) is 0.464. The number of benzene rings is 2. The Morgan fingerprint density at radius 1 is 1.00 bits per heavy atom. The molecule has 0 saturated carbocycles. The van der Waals surface area contributed by atoms with Crippen LogP contribution >= 0.6 is 27.5 Å². The molecule has 94 valence electrons. The van der Waals surface area contributed by atoms with E-state index in [1.54, 1.807) is 0 Å². The Labute approximate surface area is 135 Å². The number of rotatable bonds is 2. The van der Waals surface area contributed by atoms with Crippen molar-refractivity contribution in [2.24, 2.45) is 0 Å². The van der Waals surface area contributed by atoms with Crippen molar-refractivity contribution in [1.82, 2.24) is 0 Å². The molecule has 3 aromatic rings. The number of halogens is 2. The van der Waals surface area contributed by atoms with E-state index in [0.717, 1.165) is 10.6 Å². The van der Waals surface area contributed by atoms with Crippen LogP contribution in [0.4, 0.5) is 0 Å². The van der Waals surface area contributed by atoms with Crippen LogP contribution in [0.15, 0.2) is 59.1 Å². The van der Waals surface area contributed by atoms with Crippen LogP contribution in [-0.2, 0) is 0 Å². The molecule has 3 rings (SSSR count). The fourth-order valence-corrected chi connectivity index (χ4v) is 6.74. The first-order chi connectivity index (χ1) is 9.25. The van der Waals surface area contributed by atoms with Crippen molar-refractivity contribution in [3.05, 3.63) is 68.2 Å². The molecule has 0 N–H and O–H groups in total. The van der Waals surface area contributed by atoms with Crippen LogP contribution in [0.5, 0.6) is 0 Å². The molecule has 0 saturated heterocycles. The van der Waals surface area contributed by atoms with Gasteiger partial charge in [0, 0.05) is 0 Å². The van der Waals surface area contributed by atoms with E-state index in [4.69, 9.17) is 11.6 Å². The first kappa shape index (κ1) is 13.5. The molecule has 1 aromatic heterocycles. The predicted octanol–water partition coefficient (Wildman–Crippen LogP) is 5.40. The summed E-state index contributed by atoms with van der Waals surface area (Å²) in [5.41, 5.74) is 1.07. The Balaban J connectivity index is 2.08. The van der Waals surface area contributed by atoms with E-state index >= 15 is 0 Å². The van der Waals surface area contributed by atoms with Gasteiger partial charge in [0.1, 0.15) is 0 Å². The summed E-state index contributed by atoms with van der Waals surface area (Å²) in [6.45, 7) is 0. The van der Waals surface area contributed by atoms with Gasteiger partial charge < -0.3 is 0 Å². The van der Waals surface area contributed by atoms with E-state index in [1.807, 2.05) is 30.3 Å². The maximum atomic E-state index is 6.42. The molecule has 0 nitrogen and oxygen atoms in total. The third-order valence-electron chi connectivity index (χ3n) is 2.87. The SMILES string of the molecule is Cl/C(=C\c1[te]c2ccccc2c1Br)c1ccccc1. The predicted molar refractivity (Wildman–Crippen MR) is 88.8 cm³/mol. The van der Waals surface area contributed by atoms with E-state index in [0.29, 0.717) is 0 Å². The van der Waals surface area contributed by atoms with Gasteiger partial charge in [0.2, 0.25) is 0 Å². The molecular formula is C16H10BrClTe. The fourth-order valence-electron chi connectivity index (χ4n) is 1.92. The van der Waals surface area contributed by atoms with Gasteiger partial charge in [0.15, 0.2) is 0 Å². The number of hydrogen-bond donors (Lipinski definition) is 0. The molecule has 0 aliphatic carbocycles. The molecule has 2 aromatic carbocycles. The monoisotopic (exact) mass is 446 g/mol. The average molecular weight is 445 g/mol. The molecule has 0 unspecified atom stereocenters. The average Bonchev–Trinajstić information content (AvgIpc) is 2.77. The van der Waals surface area contributed by atoms with Crippen molar-refractivity contribution < 1.29 is 0 Å². The summed E-state index contributed by atoms with van der Waals surface area (Å²) >= 11 is 9.80. The Hall–Kier alpha value is -0.520. The van der Waals surface area contributed by atoms with Crippen molar-refractivity contribution in [2.45, 2.75) is 0 Å². The van der Waals surface area contributed by atoms with Gasteiger partial charge in [-0.3, -0.25) is 0 Å². The summed E-state index contributed by atoms with van der Waals surface area (Å²) in [5, 5.41) is 2.14. The van der Waals surface area contributed by atoms with Crippen LogP contribution in [0.1, 0.15) is 9.14 Å². The molecule has 3 heteroatoms. The third-order valence-corrected chi connectivity index (χ3v) is 8.06. The zero-order valence-electron chi connectivity index (χ0n) is 9.94. The molecular weight excluding hydrogens is 435 g/mol. The van der Waals surface area contributed by atoms with Crippen LogP contribution in [0.3, 0.4) is 0 Å². The van der Waals surface area contributed by atoms with E-state index in [2.05, 4.69) is 46.3 Å². The standard InChI is InChI=1S/C16H10BrClTe/c17-16-12-8-4-5-9-14(12)19-15(16)10-13(18)11-6-2-1-3-7-11/h1-10H/b13-10-. The van der Waals surface area contributed by atoms with Gasteiger partial charge in [0.25, 0.3) is 0 Å². The summed E-state index contributed by atoms with van der Waals surface area (Å²) in [7, 11) is 0. The first-order valence-electron chi connectivity index (χ1n) is 5.85. The Morgan fingerprint density at radius 3 is 2.42 bits per heavy atom. The first-order valence-corrected chi connectivity index (χ1v) is 9.35. The molecule has 0 spiro atoms. The second-order valence-electron chi connectivity index (χ2n) is 4.13. The second-order valence-corrected chi connectivity index (χ2v) is 8.43. The molecule has 0 amide bonds. The van der Waals surface area contributed by atoms with Crippen LogP contribution < -0.4 is 0 Å². The van der Waals surface area contributed by atoms with Crippen LogP contribution in [0, 0.1) is 0 Å². The molecule has 0 bridgehead atoms. The van der Waals surface area contributed by atoms with Gasteiger partial charge >= 0.3 is 136 Å². The second kappa shape index (κ2) is 5.85. The van der Waals surface area contributed by atoms with Crippen molar-refractivity contribution in [1.29, 1.82) is 0 Å². The zero-order valence-corrected chi connectivity index (χ0v) is 14.6. The molecule has 0 aliphatic heterocycles. The fraction of sp³-hybridized carbons (Fsp3) is 0. The minimum atomic E-state index is -0.331. The van der Waals surface area contributed by atoms with E-state index < -0.39 is 0 Å².